The van der Waals surface area contributed by atoms with Gasteiger partial charge in [-0.3, -0.25) is 0 Å². The maximum absolute atomic E-state index is 3.37. The van der Waals surface area contributed by atoms with Crippen LogP contribution < -0.4 is 5.32 Å². The molecule has 2 aliphatic rings. The summed E-state index contributed by atoms with van der Waals surface area (Å²) in [6, 6.07) is 0. The molecule has 0 spiro atoms. The smallest absolute Gasteiger partial charge is 0.0165 e. The fraction of sp³-hybridized carbons (Fsp3) is 0.667. The lowest BCUT2D eigenvalue weighted by Crippen LogP contribution is -2.04. The number of allylic oxidation sites excluding steroid dienone is 3. The summed E-state index contributed by atoms with van der Waals surface area (Å²) in [5.74, 6) is 0. The van der Waals surface area contributed by atoms with Crippen LogP contribution in [0.3, 0.4) is 0 Å². The monoisotopic (exact) mass is 177 g/mol. The lowest BCUT2D eigenvalue weighted by atomic mass is 9.96. The predicted octanol–water partition coefficient (Wildman–Crippen LogP) is 2.80. The normalized spacial score (nSPS) is 26.5. The fourth-order valence-corrected chi connectivity index (χ4v) is 2.13. The first kappa shape index (κ1) is 9.01. The van der Waals surface area contributed by atoms with Gasteiger partial charge in [0.15, 0.2) is 0 Å². The van der Waals surface area contributed by atoms with Crippen molar-refractivity contribution in [2.75, 3.05) is 13.1 Å². The Bertz CT molecular complexity index is 217. The van der Waals surface area contributed by atoms with Gasteiger partial charge in [-0.05, 0) is 45.1 Å². The lowest BCUT2D eigenvalue weighted by molar-refractivity contribution is 0.691. The third-order valence-electron chi connectivity index (χ3n) is 3.01. The van der Waals surface area contributed by atoms with Crippen molar-refractivity contribution in [1.29, 1.82) is 0 Å². The molecule has 1 N–H and O–H groups in total. The summed E-state index contributed by atoms with van der Waals surface area (Å²) in [6.45, 7) is 2.32. The van der Waals surface area contributed by atoms with E-state index in [1.165, 1.54) is 45.1 Å². The molecule has 0 atom stereocenters. The van der Waals surface area contributed by atoms with Crippen molar-refractivity contribution in [2.24, 2.45) is 0 Å². The minimum atomic E-state index is 1.13. The number of rotatable bonds is 2. The molecule has 1 heterocycles. The maximum atomic E-state index is 3.37. The van der Waals surface area contributed by atoms with Crippen LogP contribution in [0.2, 0.25) is 0 Å². The Morgan fingerprint density at radius 2 is 2.31 bits per heavy atom. The van der Waals surface area contributed by atoms with E-state index < -0.39 is 0 Å². The number of hydrogen-bond donors (Lipinski definition) is 1. The van der Waals surface area contributed by atoms with E-state index in [9.17, 15) is 0 Å². The summed E-state index contributed by atoms with van der Waals surface area (Å²) >= 11 is 0. The van der Waals surface area contributed by atoms with Crippen molar-refractivity contribution in [3.8, 4) is 0 Å². The third-order valence-corrected chi connectivity index (χ3v) is 3.01. The number of hydrogen-bond acceptors (Lipinski definition) is 1. The molecule has 13 heavy (non-hydrogen) atoms. The molecule has 1 aliphatic carbocycles. The highest BCUT2D eigenvalue weighted by molar-refractivity contribution is 5.16. The van der Waals surface area contributed by atoms with Crippen molar-refractivity contribution in [3.63, 3.8) is 0 Å². The Balaban J connectivity index is 1.83. The number of nitrogens with one attached hydrogen (secondary N) is 1. The van der Waals surface area contributed by atoms with Gasteiger partial charge in [-0.1, -0.05) is 23.3 Å². The van der Waals surface area contributed by atoms with Gasteiger partial charge >= 0.3 is 0 Å². The second-order valence-corrected chi connectivity index (χ2v) is 4.10. The zero-order valence-electron chi connectivity index (χ0n) is 8.31. The van der Waals surface area contributed by atoms with Crippen molar-refractivity contribution in [1.82, 2.24) is 5.32 Å². The van der Waals surface area contributed by atoms with Crippen LogP contribution in [0.15, 0.2) is 23.3 Å². The Hall–Kier alpha value is -0.560. The SMILES string of the molecule is C1=C(C/C=C2/CCNC2)CCCC1. The van der Waals surface area contributed by atoms with E-state index in [4.69, 9.17) is 0 Å². The van der Waals surface area contributed by atoms with E-state index in [1.807, 2.05) is 0 Å². The predicted molar refractivity (Wildman–Crippen MR) is 56.7 cm³/mol. The van der Waals surface area contributed by atoms with Gasteiger partial charge in [0, 0.05) is 6.54 Å². The zero-order valence-corrected chi connectivity index (χ0v) is 8.31. The van der Waals surface area contributed by atoms with Crippen molar-refractivity contribution in [3.05, 3.63) is 23.3 Å². The van der Waals surface area contributed by atoms with E-state index >= 15 is 0 Å². The van der Waals surface area contributed by atoms with Crippen LogP contribution in [0.25, 0.3) is 0 Å². The molecule has 1 nitrogen and oxygen atoms in total. The molecular formula is C12H19N. The molecule has 0 aromatic carbocycles. The van der Waals surface area contributed by atoms with Crippen LogP contribution in [-0.2, 0) is 0 Å². The van der Waals surface area contributed by atoms with Gasteiger partial charge in [0.25, 0.3) is 0 Å². The summed E-state index contributed by atoms with van der Waals surface area (Å²) in [7, 11) is 0. The summed E-state index contributed by atoms with van der Waals surface area (Å²) in [4.78, 5) is 0. The average molecular weight is 177 g/mol. The minimum absolute atomic E-state index is 1.13. The van der Waals surface area contributed by atoms with Crippen molar-refractivity contribution in [2.45, 2.75) is 38.5 Å². The molecule has 0 unspecified atom stereocenters. The molecule has 0 aromatic heterocycles. The summed E-state index contributed by atoms with van der Waals surface area (Å²) in [5.41, 5.74) is 3.29. The van der Waals surface area contributed by atoms with Gasteiger partial charge in [-0.15, -0.1) is 0 Å². The average Bonchev–Trinajstić information content (AvgIpc) is 2.69. The highest BCUT2D eigenvalue weighted by atomic mass is 14.9. The first-order valence-corrected chi connectivity index (χ1v) is 5.52. The fourth-order valence-electron chi connectivity index (χ4n) is 2.13. The molecule has 72 valence electrons. The highest BCUT2D eigenvalue weighted by Gasteiger charge is 2.06. The summed E-state index contributed by atoms with van der Waals surface area (Å²) in [6.07, 6.45) is 12.9. The van der Waals surface area contributed by atoms with Crippen LogP contribution in [0.4, 0.5) is 0 Å². The molecule has 1 heteroatoms. The van der Waals surface area contributed by atoms with E-state index in [2.05, 4.69) is 17.5 Å². The molecule has 1 aliphatic heterocycles. The van der Waals surface area contributed by atoms with Gasteiger partial charge < -0.3 is 5.32 Å². The molecule has 1 fully saturated rings. The van der Waals surface area contributed by atoms with E-state index in [1.54, 1.807) is 11.1 Å². The van der Waals surface area contributed by atoms with Crippen molar-refractivity contribution < 1.29 is 0 Å². The second kappa shape index (κ2) is 4.61. The van der Waals surface area contributed by atoms with Gasteiger partial charge in [-0.2, -0.15) is 0 Å². The van der Waals surface area contributed by atoms with Crippen LogP contribution in [0.1, 0.15) is 38.5 Å². The Morgan fingerprint density at radius 3 is 3.00 bits per heavy atom. The van der Waals surface area contributed by atoms with Crippen LogP contribution in [0, 0.1) is 0 Å². The third kappa shape index (κ3) is 2.70. The lowest BCUT2D eigenvalue weighted by Gasteiger charge is -2.10. The Morgan fingerprint density at radius 1 is 1.31 bits per heavy atom. The first-order chi connectivity index (χ1) is 6.45. The van der Waals surface area contributed by atoms with Gasteiger partial charge in [0.1, 0.15) is 0 Å². The Kier molecular flexibility index (Phi) is 3.20. The van der Waals surface area contributed by atoms with E-state index in [0.717, 1.165) is 6.54 Å². The van der Waals surface area contributed by atoms with Gasteiger partial charge in [0.05, 0.1) is 0 Å². The molecule has 1 saturated heterocycles. The van der Waals surface area contributed by atoms with Crippen LogP contribution >= 0.6 is 0 Å². The molecule has 0 saturated carbocycles. The van der Waals surface area contributed by atoms with E-state index in [-0.39, 0.29) is 0 Å². The second-order valence-electron chi connectivity index (χ2n) is 4.10. The van der Waals surface area contributed by atoms with Crippen LogP contribution in [0.5, 0.6) is 0 Å². The van der Waals surface area contributed by atoms with Gasteiger partial charge in [-0.25, -0.2) is 0 Å². The molecule has 0 bridgehead atoms. The molecular weight excluding hydrogens is 158 g/mol. The van der Waals surface area contributed by atoms with E-state index in [0.29, 0.717) is 0 Å². The van der Waals surface area contributed by atoms with Crippen molar-refractivity contribution >= 4 is 0 Å². The topological polar surface area (TPSA) is 12.0 Å². The summed E-state index contributed by atoms with van der Waals surface area (Å²) < 4.78 is 0. The highest BCUT2D eigenvalue weighted by Crippen LogP contribution is 2.21. The first-order valence-electron chi connectivity index (χ1n) is 5.52. The maximum Gasteiger partial charge on any atom is 0.0165 e. The zero-order chi connectivity index (χ0) is 8.93. The largest absolute Gasteiger partial charge is 0.313 e. The van der Waals surface area contributed by atoms with Crippen LogP contribution in [-0.4, -0.2) is 13.1 Å². The quantitative estimate of drug-likeness (QED) is 0.639. The molecule has 0 aromatic rings. The molecule has 2 rings (SSSR count). The molecule has 0 radical (unpaired) electrons. The summed E-state index contributed by atoms with van der Waals surface area (Å²) in [5, 5.41) is 3.37. The minimum Gasteiger partial charge on any atom is -0.313 e. The Labute approximate surface area is 80.9 Å². The van der Waals surface area contributed by atoms with Gasteiger partial charge in [0.2, 0.25) is 0 Å². The molecule has 0 amide bonds. The standard InChI is InChI=1S/C12H19N/c1-2-4-11(5-3-1)6-7-12-8-9-13-10-12/h4,7,13H,1-3,5-6,8-10H2/b12-7-.